The number of hydrogen-bond donors (Lipinski definition) is 2. The molecule has 2 aromatic carbocycles. The van der Waals surface area contributed by atoms with Crippen LogP contribution in [0.25, 0.3) is 0 Å². The second-order valence-corrected chi connectivity index (χ2v) is 5.68. The molecule has 2 rings (SSSR count). The highest BCUT2D eigenvalue weighted by Crippen LogP contribution is 2.11. The predicted molar refractivity (Wildman–Crippen MR) is 89.5 cm³/mol. The summed E-state index contributed by atoms with van der Waals surface area (Å²) in [6, 6.07) is 15.7. The van der Waals surface area contributed by atoms with Gasteiger partial charge in [0.2, 0.25) is 0 Å². The summed E-state index contributed by atoms with van der Waals surface area (Å²) in [7, 11) is 0. The smallest absolute Gasteiger partial charge is 0.252 e. The molecule has 0 saturated carbocycles. The minimum Gasteiger partial charge on any atom is -0.348 e. The van der Waals surface area contributed by atoms with Crippen LogP contribution < -0.4 is 11.1 Å². The van der Waals surface area contributed by atoms with Gasteiger partial charge in [-0.25, -0.2) is 0 Å². The third-order valence-electron chi connectivity index (χ3n) is 3.03. The fraction of sp³-hybridized carbons (Fsp3) is 0.188. The Labute approximate surface area is 132 Å². The molecule has 20 heavy (non-hydrogen) atoms. The van der Waals surface area contributed by atoms with E-state index in [-0.39, 0.29) is 5.91 Å². The molecule has 0 radical (unpaired) electrons. The molecule has 1 amide bonds. The molecule has 0 unspecified atom stereocenters. The molecule has 4 heteroatoms. The molecule has 0 aliphatic carbocycles. The third-order valence-corrected chi connectivity index (χ3v) is 3.97. The molecule has 2 aromatic rings. The van der Waals surface area contributed by atoms with Gasteiger partial charge in [0.15, 0.2) is 0 Å². The lowest BCUT2D eigenvalue weighted by Crippen LogP contribution is -2.23. The summed E-state index contributed by atoms with van der Waals surface area (Å²) in [5.41, 5.74) is 8.54. The monoisotopic (exact) mass is 380 g/mol. The zero-order chi connectivity index (χ0) is 14.4. The number of halogens is 1. The number of rotatable bonds is 5. The average molecular weight is 380 g/mol. The molecule has 0 aromatic heterocycles. The second-order valence-electron chi connectivity index (χ2n) is 4.52. The van der Waals surface area contributed by atoms with E-state index in [0.717, 1.165) is 15.6 Å². The van der Waals surface area contributed by atoms with E-state index in [9.17, 15) is 4.79 Å². The van der Waals surface area contributed by atoms with Gasteiger partial charge in [0, 0.05) is 10.1 Å². The molecule has 0 aliphatic heterocycles. The Morgan fingerprint density at radius 2 is 1.70 bits per heavy atom. The molecule has 0 bridgehead atoms. The first kappa shape index (κ1) is 15.0. The summed E-state index contributed by atoms with van der Waals surface area (Å²) in [5.74, 6) is -0.0407. The highest BCUT2D eigenvalue weighted by Gasteiger charge is 2.08. The van der Waals surface area contributed by atoms with E-state index in [2.05, 4.69) is 40.0 Å². The number of carbonyl (C=O) groups excluding carboxylic acids is 1. The molecule has 3 N–H and O–H groups in total. The Bertz CT molecular complexity index is 581. The van der Waals surface area contributed by atoms with Crippen LogP contribution >= 0.6 is 22.6 Å². The zero-order valence-corrected chi connectivity index (χ0v) is 13.3. The molecule has 3 nitrogen and oxygen atoms in total. The van der Waals surface area contributed by atoms with Crippen molar-refractivity contribution in [3.63, 3.8) is 0 Å². The van der Waals surface area contributed by atoms with Crippen LogP contribution in [0.1, 0.15) is 21.5 Å². The molecule has 0 saturated heterocycles. The first-order valence-electron chi connectivity index (χ1n) is 6.51. The van der Waals surface area contributed by atoms with Crippen molar-refractivity contribution in [2.24, 2.45) is 5.73 Å². The Kier molecular flexibility index (Phi) is 5.55. The fourth-order valence-electron chi connectivity index (χ4n) is 1.91. The summed E-state index contributed by atoms with van der Waals surface area (Å²) in [6.07, 6.45) is 0.884. The van der Waals surface area contributed by atoms with Crippen molar-refractivity contribution < 1.29 is 4.79 Å². The van der Waals surface area contributed by atoms with Crippen molar-refractivity contribution in [3.8, 4) is 0 Å². The Morgan fingerprint density at radius 1 is 1.05 bits per heavy atom. The molecule has 0 heterocycles. The normalized spacial score (nSPS) is 10.3. The van der Waals surface area contributed by atoms with Crippen LogP contribution in [0.15, 0.2) is 48.5 Å². The quantitative estimate of drug-likeness (QED) is 0.784. The Morgan fingerprint density at radius 3 is 2.35 bits per heavy atom. The van der Waals surface area contributed by atoms with Crippen molar-refractivity contribution in [1.82, 2.24) is 5.32 Å². The van der Waals surface area contributed by atoms with Crippen LogP contribution in [0, 0.1) is 3.57 Å². The summed E-state index contributed by atoms with van der Waals surface area (Å²) >= 11 is 2.17. The van der Waals surface area contributed by atoms with Gasteiger partial charge in [0.05, 0.1) is 5.56 Å². The van der Waals surface area contributed by atoms with Gasteiger partial charge in [-0.1, -0.05) is 36.4 Å². The molecule has 0 atom stereocenters. The summed E-state index contributed by atoms with van der Waals surface area (Å²) in [5, 5.41) is 2.94. The maximum atomic E-state index is 12.1. The van der Waals surface area contributed by atoms with Gasteiger partial charge >= 0.3 is 0 Å². The topological polar surface area (TPSA) is 55.1 Å². The van der Waals surface area contributed by atoms with Gasteiger partial charge in [-0.05, 0) is 58.8 Å². The van der Waals surface area contributed by atoms with E-state index in [1.54, 1.807) is 0 Å². The molecule has 0 fully saturated rings. The van der Waals surface area contributed by atoms with Gasteiger partial charge in [-0.2, -0.15) is 0 Å². The maximum absolute atomic E-state index is 12.1. The first-order chi connectivity index (χ1) is 9.70. The van der Waals surface area contributed by atoms with Crippen LogP contribution in [-0.2, 0) is 13.0 Å². The second kappa shape index (κ2) is 7.40. The summed E-state index contributed by atoms with van der Waals surface area (Å²) in [4.78, 5) is 12.1. The number of hydrogen-bond acceptors (Lipinski definition) is 2. The van der Waals surface area contributed by atoms with E-state index in [4.69, 9.17) is 5.73 Å². The van der Waals surface area contributed by atoms with Crippen LogP contribution in [0.3, 0.4) is 0 Å². The van der Waals surface area contributed by atoms with Crippen molar-refractivity contribution in [3.05, 3.63) is 68.8 Å². The van der Waals surface area contributed by atoms with Gasteiger partial charge in [-0.3, -0.25) is 4.79 Å². The predicted octanol–water partition coefficient (Wildman–Crippen LogP) is 2.72. The summed E-state index contributed by atoms with van der Waals surface area (Å²) < 4.78 is 0.959. The largest absolute Gasteiger partial charge is 0.348 e. The summed E-state index contributed by atoms with van der Waals surface area (Å²) in [6.45, 7) is 1.19. The molecule has 0 aliphatic rings. The number of carbonyl (C=O) groups is 1. The Balaban J connectivity index is 1.95. The minimum absolute atomic E-state index is 0.0407. The Hall–Kier alpha value is -1.40. The molecular formula is C16H17IN2O. The van der Waals surface area contributed by atoms with Crippen LogP contribution in [0.5, 0.6) is 0 Å². The van der Waals surface area contributed by atoms with E-state index >= 15 is 0 Å². The van der Waals surface area contributed by atoms with Crippen molar-refractivity contribution >= 4 is 28.5 Å². The van der Waals surface area contributed by atoms with E-state index in [1.807, 2.05) is 36.4 Å². The van der Waals surface area contributed by atoms with E-state index in [0.29, 0.717) is 18.7 Å². The third kappa shape index (κ3) is 4.05. The van der Waals surface area contributed by atoms with Gasteiger partial charge in [-0.15, -0.1) is 0 Å². The lowest BCUT2D eigenvalue weighted by molar-refractivity contribution is 0.0950. The SMILES string of the molecule is NCCc1ccc(CNC(=O)c2ccccc2I)cc1. The van der Waals surface area contributed by atoms with Gasteiger partial charge in [0.25, 0.3) is 5.91 Å². The van der Waals surface area contributed by atoms with Gasteiger partial charge < -0.3 is 11.1 Å². The van der Waals surface area contributed by atoms with E-state index in [1.165, 1.54) is 5.56 Å². The van der Waals surface area contributed by atoms with Crippen molar-refractivity contribution in [2.45, 2.75) is 13.0 Å². The van der Waals surface area contributed by atoms with Crippen LogP contribution in [-0.4, -0.2) is 12.5 Å². The van der Waals surface area contributed by atoms with E-state index < -0.39 is 0 Å². The van der Waals surface area contributed by atoms with Crippen molar-refractivity contribution in [2.75, 3.05) is 6.54 Å². The number of nitrogens with two attached hydrogens (primary N) is 1. The fourth-order valence-corrected chi connectivity index (χ4v) is 2.55. The highest BCUT2D eigenvalue weighted by molar-refractivity contribution is 14.1. The first-order valence-corrected chi connectivity index (χ1v) is 7.59. The number of amides is 1. The standard InChI is InChI=1S/C16H17IN2O/c17-15-4-2-1-3-14(15)16(20)19-11-13-7-5-12(6-8-13)9-10-18/h1-8H,9-11,18H2,(H,19,20). The van der Waals surface area contributed by atoms with Crippen LogP contribution in [0.4, 0.5) is 0 Å². The number of nitrogens with one attached hydrogen (secondary N) is 1. The number of benzene rings is 2. The highest BCUT2D eigenvalue weighted by atomic mass is 127. The minimum atomic E-state index is -0.0407. The zero-order valence-electron chi connectivity index (χ0n) is 11.1. The average Bonchev–Trinajstić information content (AvgIpc) is 2.47. The van der Waals surface area contributed by atoms with Gasteiger partial charge in [0.1, 0.15) is 0 Å². The maximum Gasteiger partial charge on any atom is 0.252 e. The molecule has 104 valence electrons. The molecular weight excluding hydrogens is 363 g/mol. The lowest BCUT2D eigenvalue weighted by Gasteiger charge is -2.07. The van der Waals surface area contributed by atoms with Crippen molar-refractivity contribution in [1.29, 1.82) is 0 Å². The lowest BCUT2D eigenvalue weighted by atomic mass is 10.1. The molecule has 0 spiro atoms. The van der Waals surface area contributed by atoms with Crippen LogP contribution in [0.2, 0.25) is 0 Å².